The van der Waals surface area contributed by atoms with Crippen molar-refractivity contribution in [1.29, 1.82) is 0 Å². The third-order valence-electron chi connectivity index (χ3n) is 8.85. The van der Waals surface area contributed by atoms with Crippen molar-refractivity contribution in [3.05, 3.63) is 42.0 Å². The Labute approximate surface area is 264 Å². The number of piperidine rings is 1. The van der Waals surface area contributed by atoms with E-state index in [-0.39, 0.29) is 17.7 Å². The van der Waals surface area contributed by atoms with E-state index in [1.54, 1.807) is 38.9 Å². The van der Waals surface area contributed by atoms with Crippen molar-refractivity contribution in [2.24, 2.45) is 11.3 Å². The van der Waals surface area contributed by atoms with Crippen molar-refractivity contribution in [2.75, 3.05) is 38.7 Å². The second-order valence-electron chi connectivity index (χ2n) is 13.2. The van der Waals surface area contributed by atoms with Gasteiger partial charge in [0.25, 0.3) is 17.7 Å². The van der Waals surface area contributed by atoms with Crippen LogP contribution >= 0.6 is 0 Å². The van der Waals surface area contributed by atoms with Crippen LogP contribution in [0.4, 0.5) is 5.82 Å². The first-order valence-electron chi connectivity index (χ1n) is 15.8. The van der Waals surface area contributed by atoms with Gasteiger partial charge in [0, 0.05) is 25.5 Å². The molecule has 2 aromatic rings. The quantitative estimate of drug-likeness (QED) is 0.433. The lowest BCUT2D eigenvalue weighted by Crippen LogP contribution is -2.62. The van der Waals surface area contributed by atoms with Crippen molar-refractivity contribution in [1.82, 2.24) is 31.1 Å². The van der Waals surface area contributed by atoms with Crippen LogP contribution in [0.25, 0.3) is 17.0 Å². The summed E-state index contributed by atoms with van der Waals surface area (Å²) in [5.74, 6) is -1.00. The number of carbonyl (C=O) groups is 4. The zero-order valence-electron chi connectivity index (χ0n) is 26.8. The molecule has 0 spiro atoms. The van der Waals surface area contributed by atoms with Crippen molar-refractivity contribution in [3.8, 4) is 0 Å². The predicted octanol–water partition coefficient (Wildman–Crippen LogP) is 2.40. The number of ether oxygens (including phenoxy) is 1. The molecule has 2 saturated heterocycles. The van der Waals surface area contributed by atoms with Crippen LogP contribution in [0.15, 0.2) is 36.4 Å². The summed E-state index contributed by atoms with van der Waals surface area (Å²) in [5.41, 5.74) is 6.43. The molecule has 12 nitrogen and oxygen atoms in total. The Hall–Kier alpha value is -4.03. The third kappa shape index (κ3) is 7.80. The minimum absolute atomic E-state index is 0.169. The molecule has 4 atom stereocenters. The molecular formula is C33H45N7O5. The van der Waals surface area contributed by atoms with E-state index in [1.807, 2.05) is 43.5 Å². The molecule has 4 heterocycles. The second kappa shape index (κ2) is 13.5. The van der Waals surface area contributed by atoms with Gasteiger partial charge in [0.05, 0.1) is 10.9 Å². The van der Waals surface area contributed by atoms with Gasteiger partial charge in [0.15, 0.2) is 6.10 Å². The second-order valence-corrected chi connectivity index (χ2v) is 13.2. The van der Waals surface area contributed by atoms with Gasteiger partial charge in [-0.3, -0.25) is 34.6 Å². The number of fused-ring (bicyclic) bond motifs is 4. The molecule has 1 aromatic heterocycles. The number of nitrogens with one attached hydrogen (secondary N) is 3. The summed E-state index contributed by atoms with van der Waals surface area (Å²) in [4.78, 5) is 60.9. The topological polar surface area (TPSA) is 136 Å². The number of esters is 1. The van der Waals surface area contributed by atoms with Crippen LogP contribution in [0.2, 0.25) is 0 Å². The zero-order chi connectivity index (χ0) is 32.3. The first-order valence-corrected chi connectivity index (χ1v) is 15.8. The van der Waals surface area contributed by atoms with E-state index >= 15 is 0 Å². The van der Waals surface area contributed by atoms with Crippen molar-refractivity contribution < 1.29 is 23.9 Å². The number of nitrogens with zero attached hydrogens (tertiary/aromatic N) is 4. The van der Waals surface area contributed by atoms with Crippen LogP contribution in [0.1, 0.15) is 58.4 Å². The molecule has 1 aromatic carbocycles. The average Bonchev–Trinajstić information content (AvgIpc) is 3.02. The molecule has 12 heteroatoms. The number of anilines is 1. The zero-order valence-corrected chi connectivity index (χ0v) is 26.8. The number of benzene rings is 1. The number of carbonyl (C=O) groups excluding carboxylic acids is 4. The van der Waals surface area contributed by atoms with Gasteiger partial charge in [-0.15, -0.1) is 0 Å². The van der Waals surface area contributed by atoms with Crippen molar-refractivity contribution in [2.45, 2.75) is 71.1 Å². The first kappa shape index (κ1) is 32.4. The number of hydrogen-bond donors (Lipinski definition) is 3. The largest absolute Gasteiger partial charge is 0.452 e. The maximum Gasteiger partial charge on any atom is 0.316 e. The van der Waals surface area contributed by atoms with E-state index in [9.17, 15) is 19.2 Å². The van der Waals surface area contributed by atoms with Gasteiger partial charge in [-0.2, -0.15) is 0 Å². The standard InChI is InChI=1S/C33H45N7O5/c1-21-31(43)40-17-7-9-25(36-40)29(41)37-39(5)28-13-12-24-11-10-22(18-26(24)35-28)14-15-33(2,3)32(44)45-27(30(42)34-21)19-23-8-6-16-38(4)20-23/h10-15,18,21,23,25,27,36H,6-9,16-17,19-20H2,1-5H3,(H,34,42)(H,37,41)/b15-14+/t21-,23+,25-,27-/m0/s1. The molecule has 0 aliphatic carbocycles. The Kier molecular flexibility index (Phi) is 9.73. The van der Waals surface area contributed by atoms with Crippen LogP contribution in [-0.4, -0.2) is 90.5 Å². The lowest BCUT2D eigenvalue weighted by molar-refractivity contribution is -0.164. The SMILES string of the molecule is C[C@@H]1NC(=O)[C@H](C[C@H]2CCCN(C)C2)OC(=O)C(C)(C)/C=C/c2ccc3ccc(nc3c2)N(C)NC(=O)[C@@H]2CCCN(N2)C1=O. The molecule has 0 unspecified atom stereocenters. The smallest absolute Gasteiger partial charge is 0.316 e. The molecule has 3 aliphatic heterocycles. The third-order valence-corrected chi connectivity index (χ3v) is 8.85. The number of rotatable bonds is 2. The number of cyclic esters (lactones) is 1. The Morgan fingerprint density at radius 2 is 1.76 bits per heavy atom. The Morgan fingerprint density at radius 3 is 2.53 bits per heavy atom. The predicted molar refractivity (Wildman–Crippen MR) is 171 cm³/mol. The van der Waals surface area contributed by atoms with E-state index < -0.39 is 35.5 Å². The molecule has 2 fully saturated rings. The first-order chi connectivity index (χ1) is 21.4. The minimum atomic E-state index is -1.06. The number of likely N-dealkylation sites (tertiary alicyclic amines) is 1. The summed E-state index contributed by atoms with van der Waals surface area (Å²) in [6, 6.07) is 8.00. The van der Waals surface area contributed by atoms with Crippen LogP contribution in [0.5, 0.6) is 0 Å². The Morgan fingerprint density at radius 1 is 1.00 bits per heavy atom. The fraction of sp³-hybridized carbons (Fsp3) is 0.545. The number of hydrogen-bond acceptors (Lipinski definition) is 9. The summed E-state index contributed by atoms with van der Waals surface area (Å²) in [5, 5.41) is 6.66. The van der Waals surface area contributed by atoms with Crippen LogP contribution < -0.4 is 21.2 Å². The summed E-state index contributed by atoms with van der Waals surface area (Å²) >= 11 is 0. The van der Waals surface area contributed by atoms with Gasteiger partial charge in [0.2, 0.25) is 0 Å². The fourth-order valence-electron chi connectivity index (χ4n) is 6.08. The van der Waals surface area contributed by atoms with E-state index in [1.165, 1.54) is 5.01 Å². The lowest BCUT2D eigenvalue weighted by Gasteiger charge is -2.36. The minimum Gasteiger partial charge on any atom is -0.452 e. The normalized spacial score (nSPS) is 27.9. The maximum absolute atomic E-state index is 13.6. The highest BCUT2D eigenvalue weighted by Crippen LogP contribution is 2.27. The van der Waals surface area contributed by atoms with Gasteiger partial charge in [-0.1, -0.05) is 24.3 Å². The van der Waals surface area contributed by atoms with Gasteiger partial charge in [0.1, 0.15) is 17.9 Å². The van der Waals surface area contributed by atoms with Crippen molar-refractivity contribution in [3.63, 3.8) is 0 Å². The monoisotopic (exact) mass is 619 g/mol. The highest BCUT2D eigenvalue weighted by atomic mass is 16.5. The number of aromatic nitrogens is 1. The summed E-state index contributed by atoms with van der Waals surface area (Å²) in [7, 11) is 3.76. The molecule has 0 saturated carbocycles. The molecule has 3 amide bonds. The molecule has 5 bridgehead atoms. The van der Waals surface area contributed by atoms with Gasteiger partial charge in [-0.25, -0.2) is 10.4 Å². The van der Waals surface area contributed by atoms with E-state index in [0.29, 0.717) is 31.6 Å². The average molecular weight is 620 g/mol. The Balaban J connectivity index is 1.47. The fourth-order valence-corrected chi connectivity index (χ4v) is 6.08. The molecule has 45 heavy (non-hydrogen) atoms. The van der Waals surface area contributed by atoms with Crippen LogP contribution in [-0.2, 0) is 23.9 Å². The highest BCUT2D eigenvalue weighted by molar-refractivity contribution is 5.91. The number of amides is 3. The Bertz CT molecular complexity index is 1480. The van der Waals surface area contributed by atoms with Crippen LogP contribution in [0, 0.1) is 11.3 Å². The van der Waals surface area contributed by atoms with Gasteiger partial charge in [-0.05, 0) is 96.1 Å². The van der Waals surface area contributed by atoms with Gasteiger partial charge >= 0.3 is 5.97 Å². The molecule has 242 valence electrons. The van der Waals surface area contributed by atoms with E-state index in [0.717, 1.165) is 42.4 Å². The molecule has 3 aliphatic rings. The summed E-state index contributed by atoms with van der Waals surface area (Å²) in [6.45, 7) is 7.28. The van der Waals surface area contributed by atoms with E-state index in [2.05, 4.69) is 21.1 Å². The number of hydrazine groups is 2. The van der Waals surface area contributed by atoms with Gasteiger partial charge < -0.3 is 15.0 Å². The molecule has 3 N–H and O–H groups in total. The molecule has 0 radical (unpaired) electrons. The molecular weight excluding hydrogens is 574 g/mol. The summed E-state index contributed by atoms with van der Waals surface area (Å²) < 4.78 is 5.95. The molecule has 5 rings (SSSR count). The van der Waals surface area contributed by atoms with E-state index in [4.69, 9.17) is 9.72 Å². The highest BCUT2D eigenvalue weighted by Gasteiger charge is 2.36. The van der Waals surface area contributed by atoms with Crippen molar-refractivity contribution >= 4 is 46.5 Å². The maximum atomic E-state index is 13.6. The number of pyridine rings is 1. The summed E-state index contributed by atoms with van der Waals surface area (Å²) in [6.07, 6.45) is 5.98. The van der Waals surface area contributed by atoms with Crippen LogP contribution in [0.3, 0.4) is 0 Å². The lowest BCUT2D eigenvalue weighted by atomic mass is 9.90.